The maximum Gasteiger partial charge on any atom is 0.315 e. The van der Waals surface area contributed by atoms with Crippen LogP contribution in [-0.4, -0.2) is 66.4 Å². The van der Waals surface area contributed by atoms with Crippen molar-refractivity contribution >= 4 is 23.8 Å². The Hall–Kier alpha value is -5.48. The van der Waals surface area contributed by atoms with Gasteiger partial charge in [-0.15, -0.1) is 0 Å². The topological polar surface area (TPSA) is 132 Å². The number of urea groups is 1. The molecule has 6 rings (SSSR count). The molecule has 0 bridgehead atoms. The number of nitrogens with one attached hydrogen (secondary N) is 5. The summed E-state index contributed by atoms with van der Waals surface area (Å²) < 4.78 is 0. The first kappa shape index (κ1) is 36.3. The highest BCUT2D eigenvalue weighted by molar-refractivity contribution is 5.94. The van der Waals surface area contributed by atoms with E-state index in [1.165, 1.54) is 0 Å². The van der Waals surface area contributed by atoms with Gasteiger partial charge in [0.1, 0.15) is 12.1 Å². The van der Waals surface area contributed by atoms with E-state index in [9.17, 15) is 19.2 Å². The Bertz CT molecular complexity index is 1740. The molecule has 52 heavy (non-hydrogen) atoms. The normalized spacial score (nSPS) is 20.3. The zero-order valence-electron chi connectivity index (χ0n) is 29.5. The Labute approximate surface area is 305 Å². The summed E-state index contributed by atoms with van der Waals surface area (Å²) in [5.74, 6) is -1.22. The first-order valence-electron chi connectivity index (χ1n) is 18.2. The zero-order valence-corrected chi connectivity index (χ0v) is 29.5. The Balaban J connectivity index is 1.21. The SMILES string of the molecule is CN[C@H](Cc1ccccc1)C(=O)N[C@@H]1C(=O)N2[C@@H](CC[C@@H]1CNC(=O)NCc1ccccc1)CC[C@H]2C(=O)NC(c1ccccc1)c1ccccc1. The summed E-state index contributed by atoms with van der Waals surface area (Å²) in [4.78, 5) is 57.5. The molecule has 0 aliphatic carbocycles. The molecule has 2 aliphatic rings. The summed E-state index contributed by atoms with van der Waals surface area (Å²) in [6.07, 6.45) is 2.88. The quantitative estimate of drug-likeness (QED) is 0.141. The van der Waals surface area contributed by atoms with Gasteiger partial charge in [-0.1, -0.05) is 121 Å². The van der Waals surface area contributed by atoms with Crippen molar-refractivity contribution in [2.24, 2.45) is 5.92 Å². The summed E-state index contributed by atoms with van der Waals surface area (Å²) in [5.41, 5.74) is 3.84. The molecule has 0 radical (unpaired) electrons. The number of carbonyl (C=O) groups excluding carboxylic acids is 4. The lowest BCUT2D eigenvalue weighted by Gasteiger charge is -2.33. The lowest BCUT2D eigenvalue weighted by atomic mass is 9.92. The van der Waals surface area contributed by atoms with Crippen LogP contribution in [0.15, 0.2) is 121 Å². The molecule has 4 aromatic carbocycles. The van der Waals surface area contributed by atoms with Crippen molar-refractivity contribution in [2.45, 2.75) is 68.9 Å². The molecule has 10 heteroatoms. The van der Waals surface area contributed by atoms with Crippen LogP contribution in [-0.2, 0) is 27.3 Å². The van der Waals surface area contributed by atoms with Gasteiger partial charge in [0.15, 0.2) is 0 Å². The Morgan fingerprint density at radius 2 is 1.27 bits per heavy atom. The minimum absolute atomic E-state index is 0.157. The van der Waals surface area contributed by atoms with Crippen molar-refractivity contribution in [3.05, 3.63) is 144 Å². The molecule has 270 valence electrons. The Morgan fingerprint density at radius 1 is 0.712 bits per heavy atom. The van der Waals surface area contributed by atoms with Crippen LogP contribution in [0.5, 0.6) is 0 Å². The molecule has 2 aliphatic heterocycles. The van der Waals surface area contributed by atoms with Crippen molar-refractivity contribution in [2.75, 3.05) is 13.6 Å². The van der Waals surface area contributed by atoms with E-state index in [1.807, 2.05) is 121 Å². The fraction of sp³-hybridized carbons (Fsp3) is 0.333. The van der Waals surface area contributed by atoms with Crippen molar-refractivity contribution < 1.29 is 19.2 Å². The highest BCUT2D eigenvalue weighted by Crippen LogP contribution is 2.35. The van der Waals surface area contributed by atoms with Crippen LogP contribution in [0.3, 0.4) is 0 Å². The molecule has 5 amide bonds. The number of carbonyl (C=O) groups is 4. The maximum atomic E-state index is 14.7. The molecule has 0 spiro atoms. The fourth-order valence-corrected chi connectivity index (χ4v) is 7.47. The van der Waals surface area contributed by atoms with Crippen molar-refractivity contribution in [3.8, 4) is 0 Å². The minimum atomic E-state index is -0.939. The van der Waals surface area contributed by atoms with E-state index in [4.69, 9.17) is 0 Å². The Morgan fingerprint density at radius 3 is 1.87 bits per heavy atom. The first-order chi connectivity index (χ1) is 25.4. The van der Waals surface area contributed by atoms with Crippen LogP contribution in [0.1, 0.15) is 54.0 Å². The second-order valence-corrected chi connectivity index (χ2v) is 13.7. The lowest BCUT2D eigenvalue weighted by molar-refractivity contribution is -0.143. The van der Waals surface area contributed by atoms with Crippen molar-refractivity contribution in [1.82, 2.24) is 31.5 Å². The monoisotopic (exact) mass is 700 g/mol. The van der Waals surface area contributed by atoms with Crippen molar-refractivity contribution in [3.63, 3.8) is 0 Å². The summed E-state index contributed by atoms with van der Waals surface area (Å²) in [6, 6.07) is 35.8. The number of nitrogens with zero attached hydrogens (tertiary/aromatic N) is 1. The zero-order chi connectivity index (χ0) is 36.3. The van der Waals surface area contributed by atoms with Gasteiger partial charge in [-0.3, -0.25) is 14.4 Å². The molecule has 0 aromatic heterocycles. The largest absolute Gasteiger partial charge is 0.343 e. The highest BCUT2D eigenvalue weighted by atomic mass is 16.2. The van der Waals surface area contributed by atoms with Gasteiger partial charge in [-0.05, 0) is 61.4 Å². The highest BCUT2D eigenvalue weighted by Gasteiger charge is 2.48. The summed E-state index contributed by atoms with van der Waals surface area (Å²) in [6.45, 7) is 0.543. The van der Waals surface area contributed by atoms with Gasteiger partial charge in [0.05, 0.1) is 12.1 Å². The van der Waals surface area contributed by atoms with Crippen LogP contribution in [0.2, 0.25) is 0 Å². The van der Waals surface area contributed by atoms with Crippen LogP contribution in [0.4, 0.5) is 4.79 Å². The molecular weight excluding hydrogens is 652 g/mol. The number of hydrogen-bond donors (Lipinski definition) is 5. The van der Waals surface area contributed by atoms with Crippen molar-refractivity contribution in [1.29, 1.82) is 0 Å². The average molecular weight is 701 g/mol. The summed E-state index contributed by atoms with van der Waals surface area (Å²) >= 11 is 0. The summed E-state index contributed by atoms with van der Waals surface area (Å²) in [5, 5.41) is 15.3. The fourth-order valence-electron chi connectivity index (χ4n) is 7.47. The second-order valence-electron chi connectivity index (χ2n) is 13.7. The van der Waals surface area contributed by atoms with Gasteiger partial charge in [0, 0.05) is 25.0 Å². The van der Waals surface area contributed by atoms with Gasteiger partial charge in [-0.2, -0.15) is 0 Å². The van der Waals surface area contributed by atoms with E-state index in [1.54, 1.807) is 11.9 Å². The Kier molecular flexibility index (Phi) is 12.3. The number of benzene rings is 4. The number of amides is 5. The van der Waals surface area contributed by atoms with E-state index in [0.29, 0.717) is 38.6 Å². The number of rotatable bonds is 13. The smallest absolute Gasteiger partial charge is 0.315 e. The van der Waals surface area contributed by atoms with E-state index >= 15 is 0 Å². The van der Waals surface area contributed by atoms with E-state index in [0.717, 1.165) is 22.3 Å². The number of fused-ring (bicyclic) bond motifs is 1. The molecule has 4 aromatic rings. The molecule has 2 saturated heterocycles. The van der Waals surface area contributed by atoms with E-state index in [-0.39, 0.29) is 42.3 Å². The summed E-state index contributed by atoms with van der Waals surface area (Å²) in [7, 11) is 1.73. The predicted molar refractivity (Wildman–Crippen MR) is 201 cm³/mol. The third-order valence-electron chi connectivity index (χ3n) is 10.3. The first-order valence-corrected chi connectivity index (χ1v) is 18.2. The maximum absolute atomic E-state index is 14.7. The standard InChI is InChI=1S/C42H48N6O4/c1-43-35(26-29-14-6-2-7-15-29)39(49)47-38-33(28-45-42(52)44-27-30-16-8-3-9-17-30)22-23-34-24-25-36(48(34)41(38)51)40(50)46-37(31-18-10-4-11-19-31)32-20-12-5-13-21-32/h2-21,33-38,43H,22-28H2,1H3,(H,46,50)(H,47,49)(H2,44,45,52)/t33-,34+,35-,36+,38+/m1/s1. The molecule has 10 nitrogen and oxygen atoms in total. The number of hydrogen-bond acceptors (Lipinski definition) is 5. The van der Waals surface area contributed by atoms with Crippen LogP contribution in [0, 0.1) is 5.92 Å². The average Bonchev–Trinajstić information content (AvgIpc) is 3.57. The number of likely N-dealkylation sites (N-methyl/N-ethyl adjacent to an activating group) is 1. The third-order valence-corrected chi connectivity index (χ3v) is 10.3. The second kappa shape index (κ2) is 17.6. The van der Waals surface area contributed by atoms with E-state index in [2.05, 4.69) is 26.6 Å². The van der Waals surface area contributed by atoms with Gasteiger partial charge in [-0.25, -0.2) is 4.79 Å². The van der Waals surface area contributed by atoms with Gasteiger partial charge in [0.2, 0.25) is 17.7 Å². The van der Waals surface area contributed by atoms with Gasteiger partial charge in [0.25, 0.3) is 0 Å². The predicted octanol–water partition coefficient (Wildman–Crippen LogP) is 4.48. The molecule has 0 saturated carbocycles. The third kappa shape index (κ3) is 9.05. The minimum Gasteiger partial charge on any atom is -0.343 e. The molecule has 0 unspecified atom stereocenters. The molecule has 2 fully saturated rings. The molecule has 5 atom stereocenters. The molecule has 2 heterocycles. The van der Waals surface area contributed by atoms with Gasteiger partial charge < -0.3 is 31.5 Å². The lowest BCUT2D eigenvalue weighted by Crippen LogP contribution is -2.59. The van der Waals surface area contributed by atoms with E-state index < -0.39 is 24.2 Å². The molecule has 5 N–H and O–H groups in total. The van der Waals surface area contributed by atoms with Crippen LogP contribution >= 0.6 is 0 Å². The van der Waals surface area contributed by atoms with Crippen LogP contribution in [0.25, 0.3) is 0 Å². The molecular formula is C42H48N6O4. The van der Waals surface area contributed by atoms with Gasteiger partial charge >= 0.3 is 6.03 Å². The van der Waals surface area contributed by atoms with Crippen LogP contribution < -0.4 is 26.6 Å².